The van der Waals surface area contributed by atoms with Gasteiger partial charge in [-0.25, -0.2) is 4.79 Å². The largest absolute Gasteiger partial charge is 0.444 e. The summed E-state index contributed by atoms with van der Waals surface area (Å²) in [5, 5.41) is 6.57. The molecule has 3 unspecified atom stereocenters. The summed E-state index contributed by atoms with van der Waals surface area (Å²) in [4.78, 5) is 11.7. The minimum absolute atomic E-state index is 0.238. The summed E-state index contributed by atoms with van der Waals surface area (Å²) in [7, 11) is 0. The zero-order chi connectivity index (χ0) is 14.6. The van der Waals surface area contributed by atoms with Crippen molar-refractivity contribution in [3.05, 3.63) is 0 Å². The fourth-order valence-corrected chi connectivity index (χ4v) is 2.85. The maximum Gasteiger partial charge on any atom is 0.407 e. The summed E-state index contributed by atoms with van der Waals surface area (Å²) in [6, 6.07) is 0.748. The first-order valence-corrected chi connectivity index (χ1v) is 7.73. The molecule has 0 aromatic heterocycles. The highest BCUT2D eigenvalue weighted by molar-refractivity contribution is 5.68. The molecule has 1 saturated heterocycles. The molecule has 0 aromatic rings. The molecule has 2 N–H and O–H groups in total. The van der Waals surface area contributed by atoms with Crippen LogP contribution in [0.15, 0.2) is 0 Å². The van der Waals surface area contributed by atoms with Gasteiger partial charge in [0.25, 0.3) is 0 Å². The summed E-state index contributed by atoms with van der Waals surface area (Å²) < 4.78 is 10.7. The molecule has 1 aliphatic heterocycles. The first-order chi connectivity index (χ1) is 9.42. The fraction of sp³-hybridized carbons (Fsp3) is 0.933. The highest BCUT2D eigenvalue weighted by atomic mass is 16.6. The zero-order valence-corrected chi connectivity index (χ0v) is 12.9. The van der Waals surface area contributed by atoms with Crippen LogP contribution in [0, 0.1) is 5.92 Å². The second-order valence-corrected chi connectivity index (χ2v) is 6.99. The Morgan fingerprint density at radius 1 is 1.25 bits per heavy atom. The van der Waals surface area contributed by atoms with Crippen molar-refractivity contribution in [2.45, 2.75) is 64.1 Å². The molecule has 2 rings (SSSR count). The third-order valence-electron chi connectivity index (χ3n) is 3.87. The summed E-state index contributed by atoms with van der Waals surface area (Å²) in [6.07, 6.45) is 4.01. The van der Waals surface area contributed by atoms with Crippen molar-refractivity contribution in [3.8, 4) is 0 Å². The lowest BCUT2D eigenvalue weighted by atomic mass is 10.1. The molecule has 5 nitrogen and oxygen atoms in total. The van der Waals surface area contributed by atoms with Crippen molar-refractivity contribution in [2.75, 3.05) is 19.8 Å². The smallest absolute Gasteiger partial charge is 0.407 e. The van der Waals surface area contributed by atoms with Gasteiger partial charge in [-0.2, -0.15) is 0 Å². The summed E-state index contributed by atoms with van der Waals surface area (Å²) in [5.41, 5.74) is -0.428. The van der Waals surface area contributed by atoms with Crippen molar-refractivity contribution >= 4 is 6.09 Å². The Kier molecular flexibility index (Phi) is 5.27. The molecule has 1 heterocycles. The van der Waals surface area contributed by atoms with E-state index in [0.717, 1.165) is 39.0 Å². The SMILES string of the molecule is CC(C)(C)OC(=O)NC1CCC(NCC2CCOC2)C1. The van der Waals surface area contributed by atoms with Gasteiger partial charge in [0.15, 0.2) is 0 Å². The summed E-state index contributed by atoms with van der Waals surface area (Å²) >= 11 is 0. The second kappa shape index (κ2) is 6.76. The van der Waals surface area contributed by atoms with Crippen molar-refractivity contribution in [2.24, 2.45) is 5.92 Å². The minimum atomic E-state index is -0.428. The van der Waals surface area contributed by atoms with E-state index in [0.29, 0.717) is 12.0 Å². The highest BCUT2D eigenvalue weighted by Crippen LogP contribution is 2.21. The molecule has 2 fully saturated rings. The van der Waals surface area contributed by atoms with Crippen molar-refractivity contribution in [1.29, 1.82) is 0 Å². The number of ether oxygens (including phenoxy) is 2. The van der Waals surface area contributed by atoms with E-state index < -0.39 is 5.60 Å². The number of alkyl carbamates (subject to hydrolysis) is 1. The maximum atomic E-state index is 11.7. The summed E-state index contributed by atoms with van der Waals surface area (Å²) in [6.45, 7) is 8.47. The van der Waals surface area contributed by atoms with Crippen LogP contribution in [0.2, 0.25) is 0 Å². The van der Waals surface area contributed by atoms with Crippen LogP contribution in [0.4, 0.5) is 4.79 Å². The molecular formula is C15H28N2O3. The van der Waals surface area contributed by atoms with Gasteiger partial charge in [-0.05, 0) is 52.4 Å². The van der Waals surface area contributed by atoms with Crippen LogP contribution in [0.5, 0.6) is 0 Å². The molecule has 20 heavy (non-hydrogen) atoms. The number of amides is 1. The van der Waals surface area contributed by atoms with Crippen molar-refractivity contribution < 1.29 is 14.3 Å². The van der Waals surface area contributed by atoms with E-state index in [-0.39, 0.29) is 12.1 Å². The Morgan fingerprint density at radius 3 is 2.65 bits per heavy atom. The number of nitrogens with one attached hydrogen (secondary N) is 2. The van der Waals surface area contributed by atoms with Gasteiger partial charge < -0.3 is 20.1 Å². The molecule has 1 amide bonds. The van der Waals surface area contributed by atoms with Gasteiger partial charge >= 0.3 is 6.09 Å². The number of carbonyl (C=O) groups excluding carboxylic acids is 1. The first kappa shape index (κ1) is 15.6. The van der Waals surface area contributed by atoms with Gasteiger partial charge in [-0.15, -0.1) is 0 Å². The van der Waals surface area contributed by atoms with Crippen molar-refractivity contribution in [1.82, 2.24) is 10.6 Å². The van der Waals surface area contributed by atoms with Gasteiger partial charge in [0, 0.05) is 25.2 Å². The van der Waals surface area contributed by atoms with E-state index in [9.17, 15) is 4.79 Å². The fourth-order valence-electron chi connectivity index (χ4n) is 2.85. The zero-order valence-electron chi connectivity index (χ0n) is 12.9. The molecule has 0 bridgehead atoms. The molecule has 1 saturated carbocycles. The first-order valence-electron chi connectivity index (χ1n) is 7.73. The second-order valence-electron chi connectivity index (χ2n) is 6.99. The lowest BCUT2D eigenvalue weighted by Gasteiger charge is -2.22. The quantitative estimate of drug-likeness (QED) is 0.829. The predicted molar refractivity (Wildman–Crippen MR) is 77.7 cm³/mol. The Morgan fingerprint density at radius 2 is 2.00 bits per heavy atom. The Labute approximate surface area is 121 Å². The third kappa shape index (κ3) is 5.29. The van der Waals surface area contributed by atoms with E-state index in [1.807, 2.05) is 20.8 Å². The lowest BCUT2D eigenvalue weighted by molar-refractivity contribution is 0.0505. The minimum Gasteiger partial charge on any atom is -0.444 e. The molecule has 0 radical (unpaired) electrons. The van der Waals surface area contributed by atoms with Crippen LogP contribution in [0.1, 0.15) is 46.5 Å². The molecule has 5 heteroatoms. The maximum absolute atomic E-state index is 11.7. The molecule has 1 aliphatic carbocycles. The molecule has 0 spiro atoms. The average molecular weight is 284 g/mol. The Balaban J connectivity index is 1.63. The van der Waals surface area contributed by atoms with Gasteiger partial charge in [0.1, 0.15) is 5.60 Å². The van der Waals surface area contributed by atoms with E-state index in [2.05, 4.69) is 10.6 Å². The Hall–Kier alpha value is -0.810. The highest BCUT2D eigenvalue weighted by Gasteiger charge is 2.28. The van der Waals surface area contributed by atoms with Gasteiger partial charge in [-0.1, -0.05) is 0 Å². The van der Waals surface area contributed by atoms with Crippen LogP contribution >= 0.6 is 0 Å². The predicted octanol–water partition coefficient (Wildman–Crippen LogP) is 2.06. The van der Waals surface area contributed by atoms with Crippen LogP contribution in [0.25, 0.3) is 0 Å². The molecule has 116 valence electrons. The van der Waals surface area contributed by atoms with Crippen molar-refractivity contribution in [3.63, 3.8) is 0 Å². The topological polar surface area (TPSA) is 59.6 Å². The van der Waals surface area contributed by atoms with E-state index in [4.69, 9.17) is 9.47 Å². The molecule has 3 atom stereocenters. The molecular weight excluding hydrogens is 256 g/mol. The van der Waals surface area contributed by atoms with Gasteiger partial charge in [0.2, 0.25) is 0 Å². The number of carbonyl (C=O) groups is 1. The van der Waals surface area contributed by atoms with Crippen LogP contribution in [-0.2, 0) is 9.47 Å². The van der Waals surface area contributed by atoms with E-state index >= 15 is 0 Å². The van der Waals surface area contributed by atoms with E-state index in [1.165, 1.54) is 6.42 Å². The van der Waals surface area contributed by atoms with Crippen LogP contribution in [-0.4, -0.2) is 43.5 Å². The monoisotopic (exact) mass is 284 g/mol. The average Bonchev–Trinajstić information content (AvgIpc) is 2.94. The van der Waals surface area contributed by atoms with Gasteiger partial charge in [-0.3, -0.25) is 0 Å². The van der Waals surface area contributed by atoms with E-state index in [1.54, 1.807) is 0 Å². The summed E-state index contributed by atoms with van der Waals surface area (Å²) in [5.74, 6) is 0.660. The van der Waals surface area contributed by atoms with Crippen LogP contribution in [0.3, 0.4) is 0 Å². The number of rotatable bonds is 4. The standard InChI is InChI=1S/C15H28N2O3/c1-15(2,3)20-14(18)17-13-5-4-12(8-13)16-9-11-6-7-19-10-11/h11-13,16H,4-10H2,1-3H3,(H,17,18). The van der Waals surface area contributed by atoms with Crippen LogP contribution < -0.4 is 10.6 Å². The third-order valence-corrected chi connectivity index (χ3v) is 3.87. The Bertz CT molecular complexity index is 322. The lowest BCUT2D eigenvalue weighted by Crippen LogP contribution is -2.39. The molecule has 2 aliphatic rings. The number of hydrogen-bond donors (Lipinski definition) is 2. The normalized spacial score (nSPS) is 30.4. The van der Waals surface area contributed by atoms with Gasteiger partial charge in [0.05, 0.1) is 6.61 Å². The number of hydrogen-bond acceptors (Lipinski definition) is 4. The molecule has 0 aromatic carbocycles.